The van der Waals surface area contributed by atoms with Gasteiger partial charge in [0.05, 0.1) is 6.54 Å². The molecule has 0 saturated carbocycles. The Hall–Kier alpha value is -3.18. The molecule has 4 nitrogen and oxygen atoms in total. The van der Waals surface area contributed by atoms with Gasteiger partial charge in [-0.1, -0.05) is 66.7 Å². The van der Waals surface area contributed by atoms with E-state index in [0.717, 1.165) is 16.0 Å². The van der Waals surface area contributed by atoms with Crippen molar-refractivity contribution in [3.05, 3.63) is 100 Å². The third-order valence-corrected chi connectivity index (χ3v) is 5.94. The van der Waals surface area contributed by atoms with E-state index in [1.807, 2.05) is 104 Å². The maximum Gasteiger partial charge on any atom is 0.247 e. The van der Waals surface area contributed by atoms with E-state index >= 15 is 0 Å². The molecule has 0 unspecified atom stereocenters. The zero-order valence-corrected chi connectivity index (χ0v) is 19.7. The predicted molar refractivity (Wildman–Crippen MR) is 132 cm³/mol. The SMILES string of the molecule is CC(C)(C)N(CC(=O)N(Cc1ccccc1)Cc1cccs1)C(=O)C=Cc1ccccc1. The summed E-state index contributed by atoms with van der Waals surface area (Å²) in [5.74, 6) is -0.246. The fraction of sp³-hybridized carbons (Fsp3) is 0.259. The fourth-order valence-electron chi connectivity index (χ4n) is 3.33. The van der Waals surface area contributed by atoms with E-state index in [-0.39, 0.29) is 18.4 Å². The largest absolute Gasteiger partial charge is 0.332 e. The van der Waals surface area contributed by atoms with Crippen molar-refractivity contribution in [1.29, 1.82) is 0 Å². The Labute approximate surface area is 194 Å². The molecular weight excluding hydrogens is 416 g/mol. The quantitative estimate of drug-likeness (QED) is 0.422. The molecule has 5 heteroatoms. The van der Waals surface area contributed by atoms with Crippen molar-refractivity contribution in [3.8, 4) is 0 Å². The number of rotatable bonds is 8. The Morgan fingerprint density at radius 3 is 2.12 bits per heavy atom. The second-order valence-electron chi connectivity index (χ2n) is 8.65. The van der Waals surface area contributed by atoms with E-state index in [0.29, 0.717) is 13.1 Å². The number of carbonyl (C=O) groups is 2. The minimum Gasteiger partial charge on any atom is -0.332 e. The number of hydrogen-bond acceptors (Lipinski definition) is 3. The van der Waals surface area contributed by atoms with Crippen LogP contribution in [0, 0.1) is 0 Å². The van der Waals surface area contributed by atoms with Crippen LogP contribution in [0.3, 0.4) is 0 Å². The Bertz CT molecular complexity index is 1020. The average molecular weight is 447 g/mol. The molecule has 2 aromatic carbocycles. The van der Waals surface area contributed by atoms with Crippen LogP contribution in [0.4, 0.5) is 0 Å². The van der Waals surface area contributed by atoms with Gasteiger partial charge in [-0.3, -0.25) is 9.59 Å². The molecule has 32 heavy (non-hydrogen) atoms. The molecule has 0 atom stereocenters. The first-order valence-corrected chi connectivity index (χ1v) is 11.6. The van der Waals surface area contributed by atoms with Crippen molar-refractivity contribution in [2.24, 2.45) is 0 Å². The number of hydrogen-bond donors (Lipinski definition) is 0. The van der Waals surface area contributed by atoms with Gasteiger partial charge in [-0.05, 0) is 49.4 Å². The summed E-state index contributed by atoms with van der Waals surface area (Å²) < 4.78 is 0. The Morgan fingerprint density at radius 1 is 0.875 bits per heavy atom. The van der Waals surface area contributed by atoms with Crippen LogP contribution < -0.4 is 0 Å². The van der Waals surface area contributed by atoms with Gasteiger partial charge in [0.25, 0.3) is 0 Å². The molecule has 0 fully saturated rings. The predicted octanol–water partition coefficient (Wildman–Crippen LogP) is 5.62. The lowest BCUT2D eigenvalue weighted by Gasteiger charge is -2.36. The summed E-state index contributed by atoms with van der Waals surface area (Å²) in [5, 5.41) is 2.01. The molecule has 0 aliphatic rings. The first kappa shape index (κ1) is 23.5. The topological polar surface area (TPSA) is 40.6 Å². The number of amides is 2. The molecule has 3 rings (SSSR count). The van der Waals surface area contributed by atoms with Gasteiger partial charge in [0, 0.05) is 23.0 Å². The zero-order valence-electron chi connectivity index (χ0n) is 18.9. The van der Waals surface area contributed by atoms with Crippen molar-refractivity contribution in [2.75, 3.05) is 6.54 Å². The molecule has 166 valence electrons. The van der Waals surface area contributed by atoms with Gasteiger partial charge in [-0.15, -0.1) is 11.3 Å². The summed E-state index contributed by atoms with van der Waals surface area (Å²) in [6.07, 6.45) is 3.34. The van der Waals surface area contributed by atoms with Crippen LogP contribution in [0.5, 0.6) is 0 Å². The van der Waals surface area contributed by atoms with Crippen molar-refractivity contribution in [3.63, 3.8) is 0 Å². The highest BCUT2D eigenvalue weighted by molar-refractivity contribution is 7.09. The molecular formula is C27H30N2O2S. The molecule has 0 aliphatic heterocycles. The van der Waals surface area contributed by atoms with E-state index in [2.05, 4.69) is 0 Å². The highest BCUT2D eigenvalue weighted by Gasteiger charge is 2.29. The molecule has 3 aromatic rings. The van der Waals surface area contributed by atoms with Gasteiger partial charge in [0.2, 0.25) is 11.8 Å². The van der Waals surface area contributed by atoms with Crippen molar-refractivity contribution >= 4 is 29.2 Å². The molecule has 0 bridgehead atoms. The van der Waals surface area contributed by atoms with E-state index in [1.165, 1.54) is 0 Å². The number of benzene rings is 2. The van der Waals surface area contributed by atoms with Crippen molar-refractivity contribution < 1.29 is 9.59 Å². The third kappa shape index (κ3) is 6.92. The Morgan fingerprint density at radius 2 is 1.53 bits per heavy atom. The summed E-state index contributed by atoms with van der Waals surface area (Å²) in [6, 6.07) is 23.7. The number of thiophene rings is 1. The number of carbonyl (C=O) groups excluding carboxylic acids is 2. The van der Waals surface area contributed by atoms with Gasteiger partial charge >= 0.3 is 0 Å². The second-order valence-corrected chi connectivity index (χ2v) is 9.69. The molecule has 0 saturated heterocycles. The highest BCUT2D eigenvalue weighted by atomic mass is 32.1. The summed E-state index contributed by atoms with van der Waals surface area (Å²) >= 11 is 1.63. The van der Waals surface area contributed by atoms with E-state index in [1.54, 1.807) is 28.4 Å². The van der Waals surface area contributed by atoms with E-state index < -0.39 is 5.54 Å². The van der Waals surface area contributed by atoms with E-state index in [4.69, 9.17) is 0 Å². The van der Waals surface area contributed by atoms with Crippen LogP contribution in [-0.2, 0) is 22.7 Å². The molecule has 0 N–H and O–H groups in total. The van der Waals surface area contributed by atoms with Gasteiger partial charge in [-0.2, -0.15) is 0 Å². The molecule has 0 aliphatic carbocycles. The summed E-state index contributed by atoms with van der Waals surface area (Å²) in [5.41, 5.74) is 1.52. The van der Waals surface area contributed by atoms with Gasteiger partial charge in [-0.25, -0.2) is 0 Å². The maximum atomic E-state index is 13.4. The normalized spacial score (nSPS) is 11.5. The van der Waals surface area contributed by atoms with Crippen LogP contribution >= 0.6 is 11.3 Å². The molecule has 2 amide bonds. The van der Waals surface area contributed by atoms with E-state index in [9.17, 15) is 9.59 Å². The van der Waals surface area contributed by atoms with Crippen LogP contribution in [0.2, 0.25) is 0 Å². The first-order valence-electron chi connectivity index (χ1n) is 10.7. The molecule has 0 spiro atoms. The summed E-state index contributed by atoms with van der Waals surface area (Å²) in [7, 11) is 0. The summed E-state index contributed by atoms with van der Waals surface area (Å²) in [6.45, 7) is 6.92. The average Bonchev–Trinajstić information content (AvgIpc) is 3.29. The van der Waals surface area contributed by atoms with Crippen LogP contribution in [0.15, 0.2) is 84.3 Å². The molecule has 1 heterocycles. The highest BCUT2D eigenvalue weighted by Crippen LogP contribution is 2.19. The standard InChI is InChI=1S/C27H30N2O2S/c1-27(2,3)29(25(30)17-16-22-11-6-4-7-12-22)21-26(31)28(20-24-15-10-18-32-24)19-23-13-8-5-9-14-23/h4-18H,19-21H2,1-3H3. The first-order chi connectivity index (χ1) is 15.3. The Balaban J connectivity index is 1.78. The van der Waals surface area contributed by atoms with Crippen molar-refractivity contribution in [1.82, 2.24) is 9.80 Å². The minimum absolute atomic E-state index is 0.0275. The molecule has 0 radical (unpaired) electrons. The maximum absolute atomic E-state index is 13.4. The van der Waals surface area contributed by atoms with Crippen LogP contribution in [0.25, 0.3) is 6.08 Å². The minimum atomic E-state index is -0.491. The lowest BCUT2D eigenvalue weighted by atomic mass is 10.1. The third-order valence-electron chi connectivity index (χ3n) is 5.08. The fourth-order valence-corrected chi connectivity index (χ4v) is 4.05. The van der Waals surface area contributed by atoms with Crippen LogP contribution in [-0.4, -0.2) is 33.7 Å². The number of nitrogens with zero attached hydrogens (tertiary/aromatic N) is 2. The van der Waals surface area contributed by atoms with Crippen LogP contribution in [0.1, 0.15) is 36.8 Å². The lowest BCUT2D eigenvalue weighted by molar-refractivity contribution is -0.142. The molecule has 1 aromatic heterocycles. The Kier molecular flexibility index (Phi) is 8.01. The van der Waals surface area contributed by atoms with Gasteiger partial charge in [0.15, 0.2) is 0 Å². The second kappa shape index (κ2) is 10.9. The summed E-state index contributed by atoms with van der Waals surface area (Å²) in [4.78, 5) is 31.1. The smallest absolute Gasteiger partial charge is 0.247 e. The lowest BCUT2D eigenvalue weighted by Crippen LogP contribution is -2.50. The van der Waals surface area contributed by atoms with Gasteiger partial charge < -0.3 is 9.80 Å². The van der Waals surface area contributed by atoms with Crippen molar-refractivity contribution in [2.45, 2.75) is 39.4 Å². The zero-order chi connectivity index (χ0) is 23.0. The van der Waals surface area contributed by atoms with Gasteiger partial charge in [0.1, 0.15) is 6.54 Å². The monoisotopic (exact) mass is 446 g/mol.